The van der Waals surface area contributed by atoms with Gasteiger partial charge in [-0.05, 0) is 31.2 Å². The maximum absolute atomic E-state index is 13.3. The maximum Gasteiger partial charge on any atom is 0.257 e. The van der Waals surface area contributed by atoms with E-state index in [4.69, 9.17) is 4.74 Å². The van der Waals surface area contributed by atoms with Crippen molar-refractivity contribution in [2.75, 3.05) is 12.4 Å². The Kier molecular flexibility index (Phi) is 4.75. The highest BCUT2D eigenvalue weighted by atomic mass is 19.1. The van der Waals surface area contributed by atoms with Crippen LogP contribution in [0.5, 0.6) is 5.75 Å². The Morgan fingerprint density at radius 1 is 1.08 bits per heavy atom. The van der Waals surface area contributed by atoms with E-state index >= 15 is 0 Å². The molecule has 0 bridgehead atoms. The zero-order valence-electron chi connectivity index (χ0n) is 13.9. The molecule has 0 fully saturated rings. The molecule has 0 spiro atoms. The molecule has 4 nitrogen and oxygen atoms in total. The van der Waals surface area contributed by atoms with Crippen molar-refractivity contribution in [1.82, 2.24) is 4.98 Å². The van der Waals surface area contributed by atoms with Crippen LogP contribution in [0.4, 0.5) is 10.1 Å². The lowest BCUT2D eigenvalue weighted by atomic mass is 10.1. The van der Waals surface area contributed by atoms with Gasteiger partial charge in [-0.15, -0.1) is 0 Å². The number of rotatable bonds is 4. The first-order valence-corrected chi connectivity index (χ1v) is 7.76. The molecule has 126 valence electrons. The van der Waals surface area contributed by atoms with E-state index in [0.717, 1.165) is 11.3 Å². The smallest absolute Gasteiger partial charge is 0.257 e. The molecule has 1 N–H and O–H groups in total. The van der Waals surface area contributed by atoms with Gasteiger partial charge in [0, 0.05) is 11.6 Å². The second-order valence-corrected chi connectivity index (χ2v) is 5.49. The van der Waals surface area contributed by atoms with Crippen molar-refractivity contribution in [2.45, 2.75) is 6.92 Å². The number of pyridine rings is 1. The molecular formula is C20H17FN2O2. The number of carbonyl (C=O) groups excluding carboxylic acids is 1. The number of hydrogen-bond donors (Lipinski definition) is 1. The van der Waals surface area contributed by atoms with Crippen molar-refractivity contribution in [3.05, 3.63) is 77.7 Å². The summed E-state index contributed by atoms with van der Waals surface area (Å²) in [7, 11) is 1.42. The number of amides is 1. The third-order valence-electron chi connectivity index (χ3n) is 3.81. The Bertz CT molecular complexity index is 911. The van der Waals surface area contributed by atoms with Crippen molar-refractivity contribution in [3.63, 3.8) is 0 Å². The van der Waals surface area contributed by atoms with Crippen LogP contribution < -0.4 is 10.1 Å². The summed E-state index contributed by atoms with van der Waals surface area (Å²) in [4.78, 5) is 17.0. The van der Waals surface area contributed by atoms with E-state index in [1.807, 2.05) is 30.3 Å². The van der Waals surface area contributed by atoms with E-state index in [1.165, 1.54) is 25.3 Å². The first kappa shape index (κ1) is 16.6. The minimum atomic E-state index is -0.431. The monoisotopic (exact) mass is 336 g/mol. The first-order valence-electron chi connectivity index (χ1n) is 7.76. The zero-order chi connectivity index (χ0) is 17.8. The molecule has 1 heterocycles. The summed E-state index contributed by atoms with van der Waals surface area (Å²) in [6, 6.07) is 17.2. The molecule has 1 aromatic heterocycles. The van der Waals surface area contributed by atoms with Crippen molar-refractivity contribution >= 4 is 11.6 Å². The number of aromatic nitrogens is 1. The number of nitrogens with zero attached hydrogens (tertiary/aromatic N) is 1. The van der Waals surface area contributed by atoms with Crippen molar-refractivity contribution < 1.29 is 13.9 Å². The van der Waals surface area contributed by atoms with Crippen LogP contribution in [0.25, 0.3) is 11.3 Å². The normalized spacial score (nSPS) is 10.4. The van der Waals surface area contributed by atoms with Gasteiger partial charge in [0.15, 0.2) is 0 Å². The van der Waals surface area contributed by atoms with Gasteiger partial charge in [-0.25, -0.2) is 4.39 Å². The van der Waals surface area contributed by atoms with Gasteiger partial charge in [0.25, 0.3) is 5.91 Å². The Labute approximate surface area is 145 Å². The lowest BCUT2D eigenvalue weighted by Crippen LogP contribution is -2.15. The number of carbonyl (C=O) groups is 1. The van der Waals surface area contributed by atoms with E-state index < -0.39 is 5.82 Å². The van der Waals surface area contributed by atoms with Crippen LogP contribution in [0.15, 0.2) is 60.7 Å². The van der Waals surface area contributed by atoms with E-state index in [9.17, 15) is 9.18 Å². The fourth-order valence-electron chi connectivity index (χ4n) is 2.53. The lowest BCUT2D eigenvalue weighted by molar-refractivity contribution is 0.102. The van der Waals surface area contributed by atoms with Crippen LogP contribution in [-0.4, -0.2) is 18.0 Å². The molecule has 0 unspecified atom stereocenters. The van der Waals surface area contributed by atoms with Gasteiger partial charge in [0.05, 0.1) is 29.7 Å². The average molecular weight is 336 g/mol. The predicted octanol–water partition coefficient (Wildman–Crippen LogP) is 4.46. The van der Waals surface area contributed by atoms with Crippen molar-refractivity contribution in [1.29, 1.82) is 0 Å². The van der Waals surface area contributed by atoms with Gasteiger partial charge in [-0.1, -0.05) is 30.3 Å². The maximum atomic E-state index is 13.3. The Hall–Kier alpha value is -3.21. The molecule has 0 radical (unpaired) electrons. The highest BCUT2D eigenvalue weighted by Crippen LogP contribution is 2.26. The topological polar surface area (TPSA) is 51.2 Å². The van der Waals surface area contributed by atoms with Crippen molar-refractivity contribution in [3.8, 4) is 17.0 Å². The number of anilines is 1. The van der Waals surface area contributed by atoms with Crippen molar-refractivity contribution in [2.24, 2.45) is 0 Å². The van der Waals surface area contributed by atoms with E-state index in [2.05, 4.69) is 10.3 Å². The summed E-state index contributed by atoms with van der Waals surface area (Å²) in [5.74, 6) is -0.491. The summed E-state index contributed by atoms with van der Waals surface area (Å²) in [6.45, 7) is 1.78. The van der Waals surface area contributed by atoms with Gasteiger partial charge in [0.1, 0.15) is 11.6 Å². The molecule has 0 saturated heterocycles. The van der Waals surface area contributed by atoms with Crippen LogP contribution in [0.2, 0.25) is 0 Å². The summed E-state index contributed by atoms with van der Waals surface area (Å²) in [6.07, 6.45) is 0. The number of ether oxygens (including phenoxy) is 1. The van der Waals surface area contributed by atoms with Gasteiger partial charge in [-0.2, -0.15) is 0 Å². The molecule has 3 aromatic rings. The lowest BCUT2D eigenvalue weighted by Gasteiger charge is -2.12. The Balaban J connectivity index is 1.86. The van der Waals surface area contributed by atoms with Gasteiger partial charge in [-0.3, -0.25) is 9.78 Å². The quantitative estimate of drug-likeness (QED) is 0.765. The van der Waals surface area contributed by atoms with E-state index in [0.29, 0.717) is 16.9 Å². The van der Waals surface area contributed by atoms with E-state index in [1.54, 1.807) is 19.1 Å². The SMILES string of the molecule is COc1cc(F)ccc1NC(=O)c1ccc(-c2ccccc2)nc1C. The zero-order valence-corrected chi connectivity index (χ0v) is 13.9. The summed E-state index contributed by atoms with van der Waals surface area (Å²) in [5.41, 5.74) is 3.25. The second-order valence-electron chi connectivity index (χ2n) is 5.49. The van der Waals surface area contributed by atoms with Gasteiger partial charge >= 0.3 is 0 Å². The fraction of sp³-hybridized carbons (Fsp3) is 0.100. The summed E-state index contributed by atoms with van der Waals surface area (Å²) >= 11 is 0. The number of aryl methyl sites for hydroxylation is 1. The number of benzene rings is 2. The van der Waals surface area contributed by atoms with Crippen LogP contribution in [0.3, 0.4) is 0 Å². The van der Waals surface area contributed by atoms with Gasteiger partial charge in [0.2, 0.25) is 0 Å². The molecule has 25 heavy (non-hydrogen) atoms. The largest absolute Gasteiger partial charge is 0.494 e. The van der Waals surface area contributed by atoms with Crippen LogP contribution in [-0.2, 0) is 0 Å². The molecule has 1 amide bonds. The molecule has 5 heteroatoms. The number of hydrogen-bond acceptors (Lipinski definition) is 3. The van der Waals surface area contributed by atoms with Gasteiger partial charge < -0.3 is 10.1 Å². The number of methoxy groups -OCH3 is 1. The molecule has 3 rings (SSSR count). The van der Waals surface area contributed by atoms with Crippen LogP contribution in [0, 0.1) is 12.7 Å². The molecule has 0 saturated carbocycles. The van der Waals surface area contributed by atoms with Crippen LogP contribution >= 0.6 is 0 Å². The molecule has 2 aromatic carbocycles. The summed E-state index contributed by atoms with van der Waals surface area (Å²) in [5, 5.41) is 2.73. The minimum absolute atomic E-state index is 0.264. The number of nitrogens with one attached hydrogen (secondary N) is 1. The molecular weight excluding hydrogens is 319 g/mol. The predicted molar refractivity (Wildman–Crippen MR) is 95.3 cm³/mol. The third kappa shape index (κ3) is 3.66. The fourth-order valence-corrected chi connectivity index (χ4v) is 2.53. The minimum Gasteiger partial charge on any atom is -0.494 e. The second kappa shape index (κ2) is 7.13. The molecule has 0 atom stereocenters. The van der Waals surface area contributed by atoms with E-state index in [-0.39, 0.29) is 11.7 Å². The Morgan fingerprint density at radius 3 is 2.52 bits per heavy atom. The molecule has 0 aliphatic carbocycles. The molecule has 0 aliphatic rings. The summed E-state index contributed by atoms with van der Waals surface area (Å²) < 4.78 is 18.4. The number of halogens is 1. The standard InChI is InChI=1S/C20H17FN2O2/c1-13-16(9-11-17(22-13)14-6-4-3-5-7-14)20(24)23-18-10-8-15(21)12-19(18)25-2/h3-12H,1-2H3,(H,23,24). The average Bonchev–Trinajstić information content (AvgIpc) is 2.63. The molecule has 0 aliphatic heterocycles. The van der Waals surface area contributed by atoms with Crippen LogP contribution in [0.1, 0.15) is 16.1 Å². The Morgan fingerprint density at radius 2 is 1.84 bits per heavy atom. The first-order chi connectivity index (χ1) is 12.1. The highest BCUT2D eigenvalue weighted by molar-refractivity contribution is 6.05. The third-order valence-corrected chi connectivity index (χ3v) is 3.81. The highest BCUT2D eigenvalue weighted by Gasteiger charge is 2.14.